The molecule has 2 unspecified atom stereocenters. The molecule has 6 nitrogen and oxygen atoms in total. The average Bonchev–Trinajstić information content (AvgIpc) is 2.39. The van der Waals surface area contributed by atoms with Gasteiger partial charge in [0, 0.05) is 25.4 Å². The molecule has 0 rings (SSSR count). The molecule has 0 aromatic carbocycles. The Morgan fingerprint density at radius 1 is 1.00 bits per heavy atom. The molecule has 0 bridgehead atoms. The van der Waals surface area contributed by atoms with Gasteiger partial charge in [-0.25, -0.2) is 4.39 Å². The fourth-order valence-corrected chi connectivity index (χ4v) is 4.38. The number of alkyl halides is 1. The van der Waals surface area contributed by atoms with Crippen LogP contribution in [0.2, 0.25) is 0 Å². The van der Waals surface area contributed by atoms with Gasteiger partial charge in [0.25, 0.3) is 0 Å². The van der Waals surface area contributed by atoms with E-state index in [-0.39, 0.29) is 23.3 Å². The first-order chi connectivity index (χ1) is 10.3. The third-order valence-electron chi connectivity index (χ3n) is 2.09. The summed E-state index contributed by atoms with van der Waals surface area (Å²) in [5, 5.41) is 3.97. The first kappa shape index (κ1) is 21.6. The number of thiol groups is 1. The van der Waals surface area contributed by atoms with Crippen LogP contribution in [0.4, 0.5) is 4.39 Å². The number of rotatable bonds is 10. The van der Waals surface area contributed by atoms with Crippen LogP contribution in [0.25, 0.3) is 0 Å². The summed E-state index contributed by atoms with van der Waals surface area (Å²) in [5.74, 6) is -0.235. The Morgan fingerprint density at radius 2 is 1.45 bits per heavy atom. The highest BCUT2D eigenvalue weighted by Gasteiger charge is 2.21. The fraction of sp³-hybridized carbons (Fsp3) is 0.636. The number of carbonyl (C=O) groups excluding carboxylic acids is 4. The second-order valence-electron chi connectivity index (χ2n) is 3.99. The van der Waals surface area contributed by atoms with Crippen molar-refractivity contribution < 1.29 is 23.6 Å². The molecule has 0 heterocycles. The third-order valence-corrected chi connectivity index (χ3v) is 5.50. The average molecular weight is 389 g/mol. The highest BCUT2D eigenvalue weighted by molar-refractivity contribution is 8.76. The van der Waals surface area contributed by atoms with Gasteiger partial charge in [-0.1, -0.05) is 33.3 Å². The molecule has 11 heteroatoms. The van der Waals surface area contributed by atoms with Crippen LogP contribution in [0.5, 0.6) is 0 Å². The number of nitrogens with one attached hydrogen (secondary N) is 2. The summed E-state index contributed by atoms with van der Waals surface area (Å²) >= 11 is 4.18. The van der Waals surface area contributed by atoms with Crippen molar-refractivity contribution in [2.24, 2.45) is 0 Å². The molecule has 126 valence electrons. The minimum atomic E-state index is -0.856. The molecular formula is C11H17FN2O4S4. The van der Waals surface area contributed by atoms with Crippen molar-refractivity contribution in [1.82, 2.24) is 10.6 Å². The summed E-state index contributed by atoms with van der Waals surface area (Å²) in [6.07, 6.45) is 0. The molecule has 0 aliphatic carbocycles. The van der Waals surface area contributed by atoms with Gasteiger partial charge >= 0.3 is 0 Å². The van der Waals surface area contributed by atoms with Crippen molar-refractivity contribution in [2.45, 2.75) is 25.9 Å². The number of hydrogen-bond acceptors (Lipinski definition) is 7. The summed E-state index contributed by atoms with van der Waals surface area (Å²) < 4.78 is 12.2. The Bertz CT molecular complexity index is 425. The van der Waals surface area contributed by atoms with Crippen molar-refractivity contribution in [3.05, 3.63) is 0 Å². The lowest BCUT2D eigenvalue weighted by molar-refractivity contribution is -0.122. The topological polar surface area (TPSA) is 92.3 Å². The van der Waals surface area contributed by atoms with E-state index in [0.717, 1.165) is 0 Å². The van der Waals surface area contributed by atoms with Gasteiger partial charge in [0.05, 0.1) is 0 Å². The van der Waals surface area contributed by atoms with E-state index < -0.39 is 28.3 Å². The molecule has 0 saturated heterocycles. The van der Waals surface area contributed by atoms with Crippen molar-refractivity contribution in [2.75, 3.05) is 17.5 Å². The molecule has 0 saturated carbocycles. The minimum absolute atomic E-state index is 0.226. The zero-order valence-corrected chi connectivity index (χ0v) is 15.3. The van der Waals surface area contributed by atoms with E-state index in [4.69, 9.17) is 0 Å². The number of thioether (sulfide) groups is 1. The van der Waals surface area contributed by atoms with Gasteiger partial charge in [0.15, 0.2) is 0 Å². The zero-order chi connectivity index (χ0) is 17.1. The van der Waals surface area contributed by atoms with Gasteiger partial charge < -0.3 is 10.6 Å². The Balaban J connectivity index is 4.30. The van der Waals surface area contributed by atoms with Crippen LogP contribution < -0.4 is 10.6 Å². The predicted octanol–water partition coefficient (Wildman–Crippen LogP) is 1.02. The van der Waals surface area contributed by atoms with E-state index in [1.54, 1.807) is 0 Å². The SMILES string of the molecule is CC(=O)NC(CSSCC(NC(C)=O)C(=O)SCF)C(=O)S. The summed E-state index contributed by atoms with van der Waals surface area (Å²) in [6.45, 7) is 2.56. The van der Waals surface area contributed by atoms with Gasteiger partial charge in [-0.15, -0.1) is 12.6 Å². The van der Waals surface area contributed by atoms with E-state index in [2.05, 4.69) is 23.3 Å². The van der Waals surface area contributed by atoms with E-state index >= 15 is 0 Å². The Morgan fingerprint density at radius 3 is 1.86 bits per heavy atom. The lowest BCUT2D eigenvalue weighted by Crippen LogP contribution is -2.40. The first-order valence-electron chi connectivity index (χ1n) is 6.02. The molecule has 0 aliphatic rings. The van der Waals surface area contributed by atoms with Gasteiger partial charge in [0.2, 0.25) is 22.0 Å². The Labute approximate surface area is 145 Å². The minimum Gasteiger partial charge on any atom is -0.345 e. The smallest absolute Gasteiger partial charge is 0.217 e. The van der Waals surface area contributed by atoms with E-state index in [9.17, 15) is 23.6 Å². The largest absolute Gasteiger partial charge is 0.345 e. The normalized spacial score (nSPS) is 13.1. The molecule has 2 N–H and O–H groups in total. The maximum atomic E-state index is 12.2. The first-order valence-corrected chi connectivity index (χ1v) is 9.94. The lowest BCUT2D eigenvalue weighted by atomic mass is 10.4. The molecule has 0 aromatic rings. The highest BCUT2D eigenvalue weighted by atomic mass is 33.1. The number of hydrogen-bond donors (Lipinski definition) is 3. The second kappa shape index (κ2) is 12.1. The molecule has 22 heavy (non-hydrogen) atoms. The summed E-state index contributed by atoms with van der Waals surface area (Å²) in [6, 6.07) is -2.39. The Kier molecular flexibility index (Phi) is 11.9. The molecule has 0 radical (unpaired) electrons. The molecule has 0 aliphatic heterocycles. The van der Waals surface area contributed by atoms with Gasteiger partial charge in [-0.05, 0) is 0 Å². The zero-order valence-electron chi connectivity index (χ0n) is 12.0. The van der Waals surface area contributed by atoms with E-state index in [0.29, 0.717) is 11.8 Å². The number of amides is 2. The van der Waals surface area contributed by atoms with Crippen LogP contribution >= 0.6 is 46.0 Å². The fourth-order valence-electron chi connectivity index (χ4n) is 1.22. The summed E-state index contributed by atoms with van der Waals surface area (Å²) in [4.78, 5) is 44.8. The van der Waals surface area contributed by atoms with E-state index in [1.165, 1.54) is 35.4 Å². The van der Waals surface area contributed by atoms with Crippen LogP contribution in [-0.4, -0.2) is 51.6 Å². The predicted molar refractivity (Wildman–Crippen MR) is 92.7 cm³/mol. The highest BCUT2D eigenvalue weighted by Crippen LogP contribution is 2.24. The number of carbonyl (C=O) groups is 4. The van der Waals surface area contributed by atoms with Crippen LogP contribution in [0.15, 0.2) is 0 Å². The van der Waals surface area contributed by atoms with Crippen molar-refractivity contribution in [1.29, 1.82) is 0 Å². The summed E-state index contributed by atoms with van der Waals surface area (Å²) in [7, 11) is 2.49. The van der Waals surface area contributed by atoms with Crippen molar-refractivity contribution in [3.8, 4) is 0 Å². The molecule has 2 amide bonds. The molecular weight excluding hydrogens is 371 g/mol. The van der Waals surface area contributed by atoms with Crippen LogP contribution in [0.1, 0.15) is 13.8 Å². The maximum Gasteiger partial charge on any atom is 0.217 e. The van der Waals surface area contributed by atoms with Crippen LogP contribution in [0.3, 0.4) is 0 Å². The second-order valence-corrected chi connectivity index (χ2v) is 7.89. The molecule has 0 aromatic heterocycles. The van der Waals surface area contributed by atoms with Crippen molar-refractivity contribution in [3.63, 3.8) is 0 Å². The van der Waals surface area contributed by atoms with E-state index in [1.807, 2.05) is 0 Å². The molecule has 0 spiro atoms. The van der Waals surface area contributed by atoms with Gasteiger partial charge in [0.1, 0.15) is 18.1 Å². The third kappa shape index (κ3) is 10.4. The Hall–Kier alpha value is -0.390. The quantitative estimate of drug-likeness (QED) is 0.292. The lowest BCUT2D eigenvalue weighted by Gasteiger charge is -2.16. The van der Waals surface area contributed by atoms with Crippen molar-refractivity contribution >= 4 is 68.0 Å². The number of halogens is 1. The molecule has 0 fully saturated rings. The van der Waals surface area contributed by atoms with Gasteiger partial charge in [-0.3, -0.25) is 19.2 Å². The van der Waals surface area contributed by atoms with Crippen LogP contribution in [0, 0.1) is 0 Å². The summed E-state index contributed by atoms with van der Waals surface area (Å²) in [5.41, 5.74) is 0. The standard InChI is InChI=1S/C11H17FN2O4S4/c1-6(15)13-8(10(17)19)3-21-22-4-9(14-7(2)16)11(18)20-5-12/h8-9H,3-5H2,1-2H3,(H,13,15)(H,14,16)(H,17,19). The molecule has 2 atom stereocenters. The monoisotopic (exact) mass is 388 g/mol. The van der Waals surface area contributed by atoms with Gasteiger partial charge in [-0.2, -0.15) is 0 Å². The van der Waals surface area contributed by atoms with Crippen LogP contribution in [-0.2, 0) is 19.2 Å². The maximum absolute atomic E-state index is 12.2.